The molecule has 3 aromatic rings. The van der Waals surface area contributed by atoms with Gasteiger partial charge >= 0.3 is 12.1 Å². The molecule has 0 spiro atoms. The number of likely N-dealkylation sites (N-methyl/N-ethyl adjacent to an activating group) is 1. The van der Waals surface area contributed by atoms with E-state index in [9.17, 15) is 32.7 Å². The zero-order valence-electron chi connectivity index (χ0n) is 28.3. The topological polar surface area (TPSA) is 91.6 Å². The number of halogens is 3. The molecule has 0 bridgehead atoms. The molecule has 0 saturated heterocycles. The number of hydrogen-bond acceptors (Lipinski definition) is 4. The fourth-order valence-corrected chi connectivity index (χ4v) is 6.89. The molecule has 1 aliphatic carbocycles. The summed E-state index contributed by atoms with van der Waals surface area (Å²) in [5.74, 6) is -1.82. The lowest BCUT2D eigenvalue weighted by atomic mass is 9.86. The number of fused-ring (bicyclic) bond motifs is 1. The molecule has 1 amide bonds. The monoisotopic (exact) mass is 653 g/mol. The van der Waals surface area contributed by atoms with Crippen molar-refractivity contribution >= 4 is 11.9 Å². The van der Waals surface area contributed by atoms with Crippen molar-refractivity contribution in [1.29, 1.82) is 0 Å². The minimum absolute atomic E-state index is 0.0233. The molecule has 2 N–H and O–H groups in total. The van der Waals surface area contributed by atoms with Crippen molar-refractivity contribution in [1.82, 2.24) is 14.8 Å². The van der Waals surface area contributed by atoms with E-state index >= 15 is 0 Å². The molecule has 254 valence electrons. The van der Waals surface area contributed by atoms with Crippen LogP contribution in [0.1, 0.15) is 89.7 Å². The summed E-state index contributed by atoms with van der Waals surface area (Å²) in [4.78, 5) is 41.2. The summed E-state index contributed by atoms with van der Waals surface area (Å²) in [7, 11) is 3.49. The molecule has 0 radical (unpaired) electrons. The van der Waals surface area contributed by atoms with E-state index in [4.69, 9.17) is 0 Å². The number of carboxylic acids is 1. The average Bonchev–Trinajstić information content (AvgIpc) is 3.42. The Kier molecular flexibility index (Phi) is 11.1. The molecule has 1 aliphatic rings. The second-order valence-corrected chi connectivity index (χ2v) is 13.6. The van der Waals surface area contributed by atoms with E-state index in [-0.39, 0.29) is 24.3 Å². The Morgan fingerprint density at radius 2 is 1.68 bits per heavy atom. The van der Waals surface area contributed by atoms with Crippen LogP contribution >= 0.6 is 0 Å². The number of alkyl halides is 3. The Morgan fingerprint density at radius 3 is 2.26 bits per heavy atom. The van der Waals surface area contributed by atoms with Gasteiger partial charge in [0.2, 0.25) is 5.91 Å². The molecule has 1 unspecified atom stereocenters. The number of hydrogen-bond donors (Lipinski definition) is 2. The zero-order valence-corrected chi connectivity index (χ0v) is 28.3. The molecule has 0 fully saturated rings. The van der Waals surface area contributed by atoms with Gasteiger partial charge in [0, 0.05) is 18.8 Å². The minimum Gasteiger partial charge on any atom is -0.481 e. The van der Waals surface area contributed by atoms with E-state index in [1.807, 2.05) is 32.9 Å². The lowest BCUT2D eigenvalue weighted by molar-refractivity contribution is -0.139. The van der Waals surface area contributed by atoms with Gasteiger partial charge in [0.05, 0.1) is 18.0 Å². The quantitative estimate of drug-likeness (QED) is 0.220. The lowest BCUT2D eigenvalue weighted by Crippen LogP contribution is -2.40. The highest BCUT2D eigenvalue weighted by Crippen LogP contribution is 2.39. The molecule has 47 heavy (non-hydrogen) atoms. The zero-order chi connectivity index (χ0) is 34.8. The molecule has 4 rings (SSSR count). The average molecular weight is 654 g/mol. The van der Waals surface area contributed by atoms with Gasteiger partial charge in [-0.15, -0.1) is 0 Å². The van der Waals surface area contributed by atoms with Crippen molar-refractivity contribution in [2.75, 3.05) is 20.6 Å². The number of carbonyl (C=O) groups is 2. The van der Waals surface area contributed by atoms with Crippen LogP contribution in [0, 0.1) is 26.7 Å². The van der Waals surface area contributed by atoms with Gasteiger partial charge in [0.1, 0.15) is 6.04 Å². The molecular weight excluding hydrogens is 607 g/mol. The van der Waals surface area contributed by atoms with Gasteiger partial charge in [0.15, 0.2) is 0 Å². The molecule has 1 aromatic heterocycles. The van der Waals surface area contributed by atoms with Crippen LogP contribution in [-0.4, -0.2) is 47.1 Å². The summed E-state index contributed by atoms with van der Waals surface area (Å²) in [5, 5.41) is 12.8. The number of carboxylic acid groups (broad SMARTS) is 1. The van der Waals surface area contributed by atoms with E-state index < -0.39 is 47.7 Å². The van der Waals surface area contributed by atoms with Crippen molar-refractivity contribution in [3.8, 4) is 11.1 Å². The third kappa shape index (κ3) is 8.52. The Morgan fingerprint density at radius 1 is 1.02 bits per heavy atom. The van der Waals surface area contributed by atoms with Gasteiger partial charge in [-0.05, 0) is 123 Å². The number of carbonyl (C=O) groups excluding carboxylic acids is 1. The van der Waals surface area contributed by atoms with E-state index in [1.54, 1.807) is 19.0 Å². The number of benzene rings is 2. The molecular formula is C37H46F3N3O4. The van der Waals surface area contributed by atoms with Crippen LogP contribution in [0.5, 0.6) is 0 Å². The lowest BCUT2D eigenvalue weighted by Gasteiger charge is -2.27. The molecule has 10 heteroatoms. The predicted molar refractivity (Wildman–Crippen MR) is 178 cm³/mol. The number of amides is 1. The van der Waals surface area contributed by atoms with Crippen LogP contribution in [-0.2, 0) is 35.0 Å². The highest BCUT2D eigenvalue weighted by atomic mass is 19.4. The van der Waals surface area contributed by atoms with Crippen LogP contribution in [0.2, 0.25) is 0 Å². The number of nitrogens with zero attached hydrogens (tertiary/aromatic N) is 2. The fraction of sp³-hybridized carbons (Fsp3) is 0.486. The van der Waals surface area contributed by atoms with Gasteiger partial charge in [-0.3, -0.25) is 14.4 Å². The van der Waals surface area contributed by atoms with Crippen molar-refractivity contribution < 1.29 is 27.9 Å². The van der Waals surface area contributed by atoms with Gasteiger partial charge in [-0.25, -0.2) is 0 Å². The van der Waals surface area contributed by atoms with Crippen molar-refractivity contribution in [2.45, 2.75) is 91.4 Å². The Labute approximate surface area is 274 Å². The summed E-state index contributed by atoms with van der Waals surface area (Å²) in [6.45, 7) is 10.2. The van der Waals surface area contributed by atoms with Gasteiger partial charge in [-0.2, -0.15) is 13.2 Å². The number of aromatic nitrogens is 1. The normalized spacial score (nSPS) is 14.4. The largest absolute Gasteiger partial charge is 0.481 e. The molecule has 2 aromatic carbocycles. The number of pyridine rings is 1. The number of aliphatic carboxylic acids is 1. The predicted octanol–water partition coefficient (Wildman–Crippen LogP) is 6.97. The first kappa shape index (κ1) is 35.9. The number of nitrogens with one attached hydrogen (secondary N) is 1. The Bertz CT molecular complexity index is 1690. The molecule has 2 atom stereocenters. The highest BCUT2D eigenvalue weighted by molar-refractivity contribution is 5.82. The van der Waals surface area contributed by atoms with E-state index in [0.29, 0.717) is 18.2 Å². The smallest absolute Gasteiger partial charge is 0.416 e. The van der Waals surface area contributed by atoms with Crippen molar-refractivity contribution in [2.24, 2.45) is 5.92 Å². The Balaban J connectivity index is 1.80. The minimum atomic E-state index is -4.73. The number of rotatable bonds is 12. The summed E-state index contributed by atoms with van der Waals surface area (Å²) in [5.41, 5.74) is 6.43. The summed E-state index contributed by atoms with van der Waals surface area (Å²) in [6, 6.07) is 6.69. The summed E-state index contributed by atoms with van der Waals surface area (Å²) in [6.07, 6.45) is -1.09. The van der Waals surface area contributed by atoms with Gasteiger partial charge < -0.3 is 19.9 Å². The van der Waals surface area contributed by atoms with Crippen LogP contribution in [0.4, 0.5) is 13.2 Å². The molecule has 0 saturated carbocycles. The summed E-state index contributed by atoms with van der Waals surface area (Å²) >= 11 is 0. The summed E-state index contributed by atoms with van der Waals surface area (Å²) < 4.78 is 43.0. The molecule has 1 heterocycles. The van der Waals surface area contributed by atoms with E-state index in [0.717, 1.165) is 63.4 Å². The molecule has 0 aliphatic heterocycles. The second-order valence-electron chi connectivity index (χ2n) is 13.6. The maximum atomic E-state index is 14.1. The van der Waals surface area contributed by atoms with Crippen LogP contribution in [0.25, 0.3) is 11.1 Å². The van der Waals surface area contributed by atoms with Crippen LogP contribution in [0.15, 0.2) is 41.3 Å². The van der Waals surface area contributed by atoms with Crippen molar-refractivity contribution in [3.05, 3.63) is 91.4 Å². The Hall–Kier alpha value is -3.92. The highest BCUT2D eigenvalue weighted by Gasteiger charge is 2.36. The first-order valence-electron chi connectivity index (χ1n) is 16.2. The maximum Gasteiger partial charge on any atom is 0.416 e. The first-order valence-corrected chi connectivity index (χ1v) is 16.2. The first-order chi connectivity index (χ1) is 22.0. The maximum absolute atomic E-state index is 14.1. The SMILES string of the molecule is Cc1cc(C)c(-c2cc(C(CC(=O)O)NC(=O)[C@H](CC(C)C)n3cc(CCN(C)C)c(C(F)(F)F)cc3=O)cc3c2CCC3)c(C)c1. The third-order valence-electron chi connectivity index (χ3n) is 8.91. The van der Waals surface area contributed by atoms with E-state index in [1.165, 1.54) is 5.56 Å². The van der Waals surface area contributed by atoms with Gasteiger partial charge in [0.25, 0.3) is 5.56 Å². The van der Waals surface area contributed by atoms with Gasteiger partial charge in [-0.1, -0.05) is 37.6 Å². The fourth-order valence-electron chi connectivity index (χ4n) is 6.89. The standard InChI is InChI=1S/C37H46F3N3O4/c1-21(2)13-32(43-20-26(11-12-42(6)7)30(18-33(43)44)37(38,39)40)36(47)41-31(19-34(45)46)27-16-25-9-8-10-28(25)29(17-27)35-23(4)14-22(3)15-24(35)5/h14-18,20-21,31-32H,8-13,19H2,1-7H3,(H,41,47)(H,45,46)/t31?,32-/m0/s1. The van der Waals surface area contributed by atoms with Crippen LogP contribution in [0.3, 0.4) is 0 Å². The second kappa shape index (κ2) is 14.5. The number of aryl methyl sites for hydroxylation is 4. The van der Waals surface area contributed by atoms with Crippen molar-refractivity contribution in [3.63, 3.8) is 0 Å². The molecule has 7 nitrogen and oxygen atoms in total. The third-order valence-corrected chi connectivity index (χ3v) is 8.91. The van der Waals surface area contributed by atoms with Crippen LogP contribution < -0.4 is 10.9 Å². The van der Waals surface area contributed by atoms with E-state index in [2.05, 4.69) is 31.3 Å².